The van der Waals surface area contributed by atoms with Gasteiger partial charge in [0.15, 0.2) is 0 Å². The molecule has 0 spiro atoms. The monoisotopic (exact) mass is 530 g/mol. The molecule has 1 aromatic heterocycles. The summed E-state index contributed by atoms with van der Waals surface area (Å²) in [6.45, 7) is 6.73. The molecule has 2 aliphatic rings. The largest absolute Gasteiger partial charge is 0.461 e. The van der Waals surface area contributed by atoms with E-state index in [1.807, 2.05) is 5.38 Å². The average Bonchev–Trinajstić information content (AvgIpc) is 3.21. The van der Waals surface area contributed by atoms with Gasteiger partial charge in [0.25, 0.3) is 5.91 Å². The Hall–Kier alpha value is -1.85. The summed E-state index contributed by atoms with van der Waals surface area (Å²) >= 11 is 5.65. The number of carbonyl (C=O) groups excluding carboxylic acids is 4. The normalized spacial score (nSPS) is 22.7. The van der Waals surface area contributed by atoms with Crippen LogP contribution in [0.5, 0.6) is 0 Å². The minimum atomic E-state index is -0.976. The maximum Gasteiger partial charge on any atom is 0.337 e. The summed E-state index contributed by atoms with van der Waals surface area (Å²) in [5.41, 5.74) is -0.703. The Balaban J connectivity index is 1.93. The van der Waals surface area contributed by atoms with E-state index < -0.39 is 34.2 Å². The van der Waals surface area contributed by atoms with Gasteiger partial charge in [0.05, 0.1) is 10.6 Å². The standard InChI is InChI=1S/C20H23BrN2O6S2/c1-11(24)23(13-6-5-9-30-13)14-16(25)22-10-12(18(26)28-8-7-21)15(31-17(14)22)19(27)29-20(2,3)4/h5-6,9-10,14-15,17H,7-8H2,1-4H3/t14?,15?,17-/m1/s1. The van der Waals surface area contributed by atoms with Crippen molar-refractivity contribution in [2.75, 3.05) is 16.8 Å². The van der Waals surface area contributed by atoms with E-state index in [1.54, 1.807) is 32.9 Å². The lowest BCUT2D eigenvalue weighted by Crippen LogP contribution is -2.70. The number of β-lactam (4-membered cyclic amide) rings is 1. The number of hydrogen-bond donors (Lipinski definition) is 0. The van der Waals surface area contributed by atoms with Crippen molar-refractivity contribution in [3.63, 3.8) is 0 Å². The van der Waals surface area contributed by atoms with Gasteiger partial charge in [0.1, 0.15) is 28.9 Å². The fraction of sp³-hybridized carbons (Fsp3) is 0.500. The molecule has 11 heteroatoms. The van der Waals surface area contributed by atoms with E-state index in [0.717, 1.165) is 11.8 Å². The summed E-state index contributed by atoms with van der Waals surface area (Å²) in [4.78, 5) is 53.6. The van der Waals surface area contributed by atoms with Gasteiger partial charge >= 0.3 is 11.9 Å². The number of esters is 2. The molecule has 0 aromatic carbocycles. The van der Waals surface area contributed by atoms with Crippen LogP contribution in [-0.2, 0) is 28.7 Å². The highest BCUT2D eigenvalue weighted by molar-refractivity contribution is 9.09. The fourth-order valence-corrected chi connectivity index (χ4v) is 5.62. The van der Waals surface area contributed by atoms with Crippen LogP contribution in [0.4, 0.5) is 5.00 Å². The molecule has 2 unspecified atom stereocenters. The number of thiophene rings is 1. The third-order valence-corrected chi connectivity index (χ3v) is 7.09. The second-order valence-electron chi connectivity index (χ2n) is 7.88. The highest BCUT2D eigenvalue weighted by Crippen LogP contribution is 2.45. The van der Waals surface area contributed by atoms with Gasteiger partial charge < -0.3 is 14.4 Å². The lowest BCUT2D eigenvalue weighted by atomic mass is 10.0. The molecule has 0 aliphatic carbocycles. The number of amides is 2. The Kier molecular flexibility index (Phi) is 7.17. The highest BCUT2D eigenvalue weighted by atomic mass is 79.9. The average molecular weight is 531 g/mol. The zero-order chi connectivity index (χ0) is 22.9. The minimum absolute atomic E-state index is 0.0498. The number of thioether (sulfide) groups is 1. The Bertz CT molecular complexity index is 911. The SMILES string of the molecule is CC(=O)N(c1cccs1)C1C(=O)N2C=C(C(=O)OCCBr)C(C(=O)OC(C)(C)C)S[C@H]12. The molecule has 3 rings (SSSR count). The summed E-state index contributed by atoms with van der Waals surface area (Å²) in [6, 6.07) is 2.79. The molecule has 1 fully saturated rings. The first-order chi connectivity index (χ1) is 14.5. The van der Waals surface area contributed by atoms with Crippen LogP contribution >= 0.6 is 39.0 Å². The fourth-order valence-electron chi connectivity index (χ4n) is 3.22. The number of rotatable bonds is 6. The Morgan fingerprint density at radius 2 is 2.00 bits per heavy atom. The maximum absolute atomic E-state index is 12.9. The number of ether oxygens (including phenoxy) is 2. The van der Waals surface area contributed by atoms with Crippen LogP contribution in [0, 0.1) is 0 Å². The van der Waals surface area contributed by atoms with E-state index in [1.165, 1.54) is 34.3 Å². The van der Waals surface area contributed by atoms with Crippen LogP contribution in [0.2, 0.25) is 0 Å². The number of nitrogens with zero attached hydrogens (tertiary/aromatic N) is 2. The van der Waals surface area contributed by atoms with Crippen LogP contribution in [0.1, 0.15) is 27.7 Å². The summed E-state index contributed by atoms with van der Waals surface area (Å²) in [5, 5.41) is 1.41. The third-order valence-electron chi connectivity index (χ3n) is 4.42. The molecule has 3 heterocycles. The van der Waals surface area contributed by atoms with Crippen LogP contribution in [0.25, 0.3) is 0 Å². The third kappa shape index (κ3) is 4.98. The lowest BCUT2D eigenvalue weighted by molar-refractivity contribution is -0.155. The predicted octanol–water partition coefficient (Wildman–Crippen LogP) is 2.92. The molecule has 2 aliphatic heterocycles. The summed E-state index contributed by atoms with van der Waals surface area (Å²) in [7, 11) is 0. The summed E-state index contributed by atoms with van der Waals surface area (Å²) in [6.07, 6.45) is 1.36. The first-order valence-corrected chi connectivity index (χ1v) is 12.5. The van der Waals surface area contributed by atoms with Gasteiger partial charge in [0, 0.05) is 18.5 Å². The Morgan fingerprint density at radius 3 is 2.55 bits per heavy atom. The molecular weight excluding hydrogens is 508 g/mol. The van der Waals surface area contributed by atoms with Crippen LogP contribution in [0.3, 0.4) is 0 Å². The lowest BCUT2D eigenvalue weighted by Gasteiger charge is -2.51. The van der Waals surface area contributed by atoms with Crippen molar-refractivity contribution in [2.45, 2.75) is 50.0 Å². The molecule has 3 atom stereocenters. The zero-order valence-electron chi connectivity index (χ0n) is 17.5. The topological polar surface area (TPSA) is 93.2 Å². The Labute approximate surface area is 197 Å². The van der Waals surface area contributed by atoms with Crippen molar-refractivity contribution in [3.05, 3.63) is 29.3 Å². The number of carbonyl (C=O) groups is 4. The first kappa shape index (κ1) is 23.8. The van der Waals surface area contributed by atoms with Crippen molar-refractivity contribution in [1.82, 2.24) is 4.90 Å². The van der Waals surface area contributed by atoms with Crippen molar-refractivity contribution >= 4 is 67.8 Å². The van der Waals surface area contributed by atoms with Gasteiger partial charge in [-0.25, -0.2) is 4.79 Å². The molecular formula is C20H23BrN2O6S2. The number of anilines is 1. The van der Waals surface area contributed by atoms with E-state index in [4.69, 9.17) is 9.47 Å². The predicted molar refractivity (Wildman–Crippen MR) is 122 cm³/mol. The number of hydrogen-bond acceptors (Lipinski definition) is 8. The van der Waals surface area contributed by atoms with Gasteiger partial charge in [0.2, 0.25) is 5.91 Å². The highest BCUT2D eigenvalue weighted by Gasteiger charge is 2.57. The molecule has 2 amide bonds. The molecule has 0 N–H and O–H groups in total. The smallest absolute Gasteiger partial charge is 0.337 e. The van der Waals surface area contributed by atoms with Crippen molar-refractivity contribution in [3.8, 4) is 0 Å². The molecule has 1 saturated heterocycles. The van der Waals surface area contributed by atoms with E-state index >= 15 is 0 Å². The van der Waals surface area contributed by atoms with Gasteiger partial charge in [-0.2, -0.15) is 0 Å². The van der Waals surface area contributed by atoms with Crippen LogP contribution < -0.4 is 4.90 Å². The minimum Gasteiger partial charge on any atom is -0.461 e. The van der Waals surface area contributed by atoms with Gasteiger partial charge in [-0.05, 0) is 38.3 Å². The van der Waals surface area contributed by atoms with E-state index in [2.05, 4.69) is 15.9 Å². The van der Waals surface area contributed by atoms with E-state index in [0.29, 0.717) is 10.3 Å². The summed E-state index contributed by atoms with van der Waals surface area (Å²) in [5.74, 6) is -1.88. The molecule has 1 aromatic rings. The van der Waals surface area contributed by atoms with Crippen molar-refractivity contribution in [1.29, 1.82) is 0 Å². The first-order valence-electron chi connectivity index (χ1n) is 9.53. The van der Waals surface area contributed by atoms with E-state index in [-0.39, 0.29) is 24.0 Å². The molecule has 8 nitrogen and oxygen atoms in total. The quantitative estimate of drug-likeness (QED) is 0.317. The molecule has 168 valence electrons. The van der Waals surface area contributed by atoms with Crippen LogP contribution in [0.15, 0.2) is 29.3 Å². The van der Waals surface area contributed by atoms with Crippen LogP contribution in [-0.4, -0.2) is 62.9 Å². The van der Waals surface area contributed by atoms with Gasteiger partial charge in [-0.3, -0.25) is 19.3 Å². The number of alkyl halides is 1. The van der Waals surface area contributed by atoms with E-state index in [9.17, 15) is 19.2 Å². The molecule has 0 bridgehead atoms. The Morgan fingerprint density at radius 1 is 1.29 bits per heavy atom. The zero-order valence-corrected chi connectivity index (χ0v) is 20.7. The maximum atomic E-state index is 12.9. The molecule has 0 radical (unpaired) electrons. The van der Waals surface area contributed by atoms with Gasteiger partial charge in [-0.1, -0.05) is 15.9 Å². The number of fused-ring (bicyclic) bond motifs is 1. The van der Waals surface area contributed by atoms with Crippen molar-refractivity contribution in [2.24, 2.45) is 0 Å². The molecule has 31 heavy (non-hydrogen) atoms. The second-order valence-corrected chi connectivity index (χ2v) is 10.8. The van der Waals surface area contributed by atoms with Gasteiger partial charge in [-0.15, -0.1) is 23.1 Å². The summed E-state index contributed by atoms with van der Waals surface area (Å²) < 4.78 is 10.7. The van der Waals surface area contributed by atoms with Crippen molar-refractivity contribution < 1.29 is 28.7 Å². The molecule has 0 saturated carbocycles. The second kappa shape index (κ2) is 9.33. The number of halogens is 1.